The van der Waals surface area contributed by atoms with Gasteiger partial charge in [-0.2, -0.15) is 0 Å². The molecule has 2 rings (SSSR count). The summed E-state index contributed by atoms with van der Waals surface area (Å²) >= 11 is 3.33. The molecule has 7 heteroatoms. The molecule has 27 heavy (non-hydrogen) atoms. The number of halogens is 2. The zero-order chi connectivity index (χ0) is 19.8. The second kappa shape index (κ2) is 10.1. The summed E-state index contributed by atoms with van der Waals surface area (Å²) in [6.07, 6.45) is 0. The van der Waals surface area contributed by atoms with Crippen molar-refractivity contribution in [3.63, 3.8) is 0 Å². The van der Waals surface area contributed by atoms with E-state index >= 15 is 0 Å². The molecule has 0 spiro atoms. The molecule has 0 radical (unpaired) electrons. The van der Waals surface area contributed by atoms with E-state index in [2.05, 4.69) is 21.2 Å². The van der Waals surface area contributed by atoms with Gasteiger partial charge in [0.15, 0.2) is 6.61 Å². The highest BCUT2D eigenvalue weighted by atomic mass is 79.9. The molecule has 2 aromatic rings. The Balaban J connectivity index is 2.14. The molecular formula is C20H22BrFN2O3. The first kappa shape index (κ1) is 20.9. The van der Waals surface area contributed by atoms with Gasteiger partial charge in [-0.3, -0.25) is 9.59 Å². The summed E-state index contributed by atoms with van der Waals surface area (Å²) in [6.45, 7) is 3.58. The first-order valence-corrected chi connectivity index (χ1v) is 9.40. The van der Waals surface area contributed by atoms with Gasteiger partial charge in [0.25, 0.3) is 5.91 Å². The minimum atomic E-state index is -0.759. The second-order valence-electron chi connectivity index (χ2n) is 5.93. The predicted octanol–water partition coefficient (Wildman–Crippen LogP) is 3.52. The summed E-state index contributed by atoms with van der Waals surface area (Å²) < 4.78 is 20.5. The lowest BCUT2D eigenvalue weighted by molar-refractivity contribution is -0.142. The van der Waals surface area contributed by atoms with Crippen molar-refractivity contribution in [2.45, 2.75) is 26.4 Å². The SMILES string of the molecule is CCNC(=O)[C@@H](C)N(Cc1ccccc1F)C(=O)COc1ccc(Br)cc1. The molecule has 0 fully saturated rings. The van der Waals surface area contributed by atoms with Gasteiger partial charge in [0, 0.05) is 23.1 Å². The number of likely N-dealkylation sites (N-methyl/N-ethyl adjacent to an activating group) is 1. The molecular weight excluding hydrogens is 415 g/mol. The van der Waals surface area contributed by atoms with E-state index in [1.807, 2.05) is 0 Å². The minimum absolute atomic E-state index is 0.0203. The number of rotatable bonds is 8. The van der Waals surface area contributed by atoms with Crippen LogP contribution < -0.4 is 10.1 Å². The summed E-state index contributed by atoms with van der Waals surface area (Å²) in [5.74, 6) is -0.596. The van der Waals surface area contributed by atoms with Gasteiger partial charge in [-0.15, -0.1) is 0 Å². The van der Waals surface area contributed by atoms with Crippen LogP contribution >= 0.6 is 15.9 Å². The highest BCUT2D eigenvalue weighted by molar-refractivity contribution is 9.10. The average Bonchev–Trinajstić information content (AvgIpc) is 2.66. The van der Waals surface area contributed by atoms with Crippen LogP contribution in [0.5, 0.6) is 5.75 Å². The number of ether oxygens (including phenoxy) is 1. The predicted molar refractivity (Wildman–Crippen MR) is 105 cm³/mol. The Bertz CT molecular complexity index is 783. The van der Waals surface area contributed by atoms with Crippen LogP contribution in [-0.4, -0.2) is 35.9 Å². The second-order valence-corrected chi connectivity index (χ2v) is 6.84. The monoisotopic (exact) mass is 436 g/mol. The number of nitrogens with one attached hydrogen (secondary N) is 1. The van der Waals surface area contributed by atoms with Crippen LogP contribution in [-0.2, 0) is 16.1 Å². The minimum Gasteiger partial charge on any atom is -0.484 e. The lowest BCUT2D eigenvalue weighted by atomic mass is 10.1. The van der Waals surface area contributed by atoms with Crippen molar-refractivity contribution in [3.8, 4) is 5.75 Å². The number of carbonyl (C=O) groups excluding carboxylic acids is 2. The molecule has 0 aromatic heterocycles. The molecule has 144 valence electrons. The fraction of sp³-hybridized carbons (Fsp3) is 0.300. The molecule has 0 aliphatic rings. The molecule has 0 saturated carbocycles. The number of carbonyl (C=O) groups is 2. The molecule has 0 unspecified atom stereocenters. The van der Waals surface area contributed by atoms with Crippen LogP contribution in [0.3, 0.4) is 0 Å². The van der Waals surface area contributed by atoms with Gasteiger partial charge >= 0.3 is 0 Å². The maximum absolute atomic E-state index is 14.0. The Morgan fingerprint density at radius 3 is 2.48 bits per heavy atom. The fourth-order valence-electron chi connectivity index (χ4n) is 2.47. The van der Waals surface area contributed by atoms with Crippen LogP contribution in [0.1, 0.15) is 19.4 Å². The van der Waals surface area contributed by atoms with Gasteiger partial charge in [-0.25, -0.2) is 4.39 Å². The molecule has 0 heterocycles. The molecule has 0 bridgehead atoms. The number of benzene rings is 2. The van der Waals surface area contributed by atoms with E-state index in [0.29, 0.717) is 17.9 Å². The molecule has 1 N–H and O–H groups in total. The van der Waals surface area contributed by atoms with E-state index in [1.54, 1.807) is 56.3 Å². The van der Waals surface area contributed by atoms with Crippen LogP contribution in [0.15, 0.2) is 53.0 Å². The first-order chi connectivity index (χ1) is 12.9. The average molecular weight is 437 g/mol. The van der Waals surface area contributed by atoms with Gasteiger partial charge in [0.1, 0.15) is 17.6 Å². The third kappa shape index (κ3) is 6.06. The third-order valence-corrected chi connectivity index (χ3v) is 4.52. The molecule has 0 aliphatic carbocycles. The lowest BCUT2D eigenvalue weighted by Crippen LogP contribution is -2.49. The van der Waals surface area contributed by atoms with Gasteiger partial charge in [0.2, 0.25) is 5.91 Å². The summed E-state index contributed by atoms with van der Waals surface area (Å²) in [6, 6.07) is 12.5. The van der Waals surface area contributed by atoms with Gasteiger partial charge in [-0.05, 0) is 44.2 Å². The highest BCUT2D eigenvalue weighted by Gasteiger charge is 2.26. The largest absolute Gasteiger partial charge is 0.484 e. The summed E-state index contributed by atoms with van der Waals surface area (Å²) in [5.41, 5.74) is 0.339. The number of nitrogens with zero attached hydrogens (tertiary/aromatic N) is 1. The third-order valence-electron chi connectivity index (χ3n) is 3.99. The number of hydrogen-bond donors (Lipinski definition) is 1. The Morgan fingerprint density at radius 2 is 1.85 bits per heavy atom. The highest BCUT2D eigenvalue weighted by Crippen LogP contribution is 2.17. The van der Waals surface area contributed by atoms with Crippen molar-refractivity contribution in [3.05, 3.63) is 64.4 Å². The number of amides is 2. The van der Waals surface area contributed by atoms with Gasteiger partial charge in [0.05, 0.1) is 0 Å². The van der Waals surface area contributed by atoms with E-state index in [9.17, 15) is 14.0 Å². The van der Waals surface area contributed by atoms with Crippen molar-refractivity contribution in [1.82, 2.24) is 10.2 Å². The van der Waals surface area contributed by atoms with Crippen molar-refractivity contribution in [1.29, 1.82) is 0 Å². The Morgan fingerprint density at radius 1 is 1.19 bits per heavy atom. The van der Waals surface area contributed by atoms with Crippen molar-refractivity contribution in [2.75, 3.05) is 13.2 Å². The van der Waals surface area contributed by atoms with Gasteiger partial charge < -0.3 is 15.0 Å². The molecule has 2 amide bonds. The molecule has 0 aliphatic heterocycles. The van der Waals surface area contributed by atoms with Crippen molar-refractivity contribution >= 4 is 27.7 Å². The first-order valence-electron chi connectivity index (χ1n) is 8.61. The topological polar surface area (TPSA) is 58.6 Å². The lowest BCUT2D eigenvalue weighted by Gasteiger charge is -2.28. The summed E-state index contributed by atoms with van der Waals surface area (Å²) in [5, 5.41) is 2.69. The molecule has 5 nitrogen and oxygen atoms in total. The van der Waals surface area contributed by atoms with Crippen LogP contribution in [0.2, 0.25) is 0 Å². The Kier molecular flexibility index (Phi) is 7.79. The standard InChI is InChI=1S/C20H22BrFN2O3/c1-3-23-20(26)14(2)24(12-15-6-4-5-7-18(15)22)19(25)13-27-17-10-8-16(21)9-11-17/h4-11,14H,3,12-13H2,1-2H3,(H,23,26)/t14-/m1/s1. The Hall–Kier alpha value is -2.41. The fourth-order valence-corrected chi connectivity index (χ4v) is 2.74. The van der Waals surface area contributed by atoms with Gasteiger partial charge in [-0.1, -0.05) is 34.1 Å². The van der Waals surface area contributed by atoms with E-state index in [1.165, 1.54) is 11.0 Å². The summed E-state index contributed by atoms with van der Waals surface area (Å²) in [7, 11) is 0. The molecule has 1 atom stereocenters. The van der Waals surface area contributed by atoms with Crippen LogP contribution in [0.25, 0.3) is 0 Å². The quantitative estimate of drug-likeness (QED) is 0.688. The van der Waals surface area contributed by atoms with Crippen molar-refractivity contribution in [2.24, 2.45) is 0 Å². The zero-order valence-electron chi connectivity index (χ0n) is 15.2. The van der Waals surface area contributed by atoms with E-state index in [4.69, 9.17) is 4.74 Å². The van der Waals surface area contributed by atoms with E-state index in [0.717, 1.165) is 4.47 Å². The van der Waals surface area contributed by atoms with E-state index in [-0.39, 0.29) is 19.1 Å². The smallest absolute Gasteiger partial charge is 0.261 e. The zero-order valence-corrected chi connectivity index (χ0v) is 16.8. The van der Waals surface area contributed by atoms with Crippen LogP contribution in [0.4, 0.5) is 4.39 Å². The summed E-state index contributed by atoms with van der Waals surface area (Å²) in [4.78, 5) is 26.3. The molecule has 0 saturated heterocycles. The molecule has 2 aromatic carbocycles. The van der Waals surface area contributed by atoms with Crippen molar-refractivity contribution < 1.29 is 18.7 Å². The number of hydrogen-bond acceptors (Lipinski definition) is 3. The van der Waals surface area contributed by atoms with E-state index < -0.39 is 17.8 Å². The Labute approximate surface area is 166 Å². The normalized spacial score (nSPS) is 11.6. The maximum Gasteiger partial charge on any atom is 0.261 e. The maximum atomic E-state index is 14.0. The van der Waals surface area contributed by atoms with Crippen LogP contribution in [0, 0.1) is 5.82 Å².